The van der Waals surface area contributed by atoms with Crippen LogP contribution in [0.1, 0.15) is 99.2 Å². The molecule has 0 spiro atoms. The summed E-state index contributed by atoms with van der Waals surface area (Å²) in [6, 6.07) is 18.6. The molecule has 0 saturated carbocycles. The lowest BCUT2D eigenvalue weighted by Gasteiger charge is -2.12. The number of allylic oxidation sites excluding steroid dienone is 2. The second kappa shape index (κ2) is 18.1. The first-order chi connectivity index (χ1) is 20.7. The molecule has 0 bridgehead atoms. The zero-order chi connectivity index (χ0) is 31.0. The van der Waals surface area contributed by atoms with Crippen molar-refractivity contribution in [1.29, 1.82) is 0 Å². The lowest BCUT2D eigenvalue weighted by atomic mass is 9.97. The van der Waals surface area contributed by atoms with Crippen molar-refractivity contribution < 1.29 is 19.7 Å². The smallest absolute Gasteiger partial charge is 0.161 e. The van der Waals surface area contributed by atoms with Gasteiger partial charge in [-0.05, 0) is 77.3 Å². The first-order valence-electron chi connectivity index (χ1n) is 15.8. The molecule has 6 N–H and O–H groups in total. The Morgan fingerprint density at radius 2 is 1.53 bits per heavy atom. The Morgan fingerprint density at radius 3 is 2.26 bits per heavy atom. The van der Waals surface area contributed by atoms with Crippen molar-refractivity contribution in [3.63, 3.8) is 0 Å². The molecule has 0 heterocycles. The maximum Gasteiger partial charge on any atom is 0.161 e. The number of carbonyl (C=O) groups excluding carboxylic acids is 1. The molecule has 232 valence electrons. The minimum Gasteiger partial charge on any atom is -0.508 e. The second-order valence-electron chi connectivity index (χ2n) is 11.7. The SMILES string of the molecule is CCCCC[C@H](C)CCC/C=C/C(=O)CCc1ccc(O)c(OCCc2ccc(O)c(Cc3ccc(C(N)N)cc3)c2)c1. The van der Waals surface area contributed by atoms with Gasteiger partial charge in [-0.3, -0.25) is 4.79 Å². The summed E-state index contributed by atoms with van der Waals surface area (Å²) in [4.78, 5) is 12.4. The van der Waals surface area contributed by atoms with Crippen molar-refractivity contribution in [1.82, 2.24) is 0 Å². The maximum absolute atomic E-state index is 12.4. The van der Waals surface area contributed by atoms with E-state index in [4.69, 9.17) is 16.2 Å². The first kappa shape index (κ1) is 33.9. The molecular weight excluding hydrogens is 536 g/mol. The van der Waals surface area contributed by atoms with Crippen LogP contribution in [0, 0.1) is 5.92 Å². The Kier molecular flexibility index (Phi) is 14.3. The number of aromatic hydroxyl groups is 2. The van der Waals surface area contributed by atoms with Crippen LogP contribution in [0.25, 0.3) is 0 Å². The van der Waals surface area contributed by atoms with Crippen LogP contribution >= 0.6 is 0 Å². The molecule has 6 nitrogen and oxygen atoms in total. The third-order valence-electron chi connectivity index (χ3n) is 7.91. The average molecular weight is 587 g/mol. The highest BCUT2D eigenvalue weighted by molar-refractivity contribution is 5.89. The standard InChI is InChI=1S/C37H50N2O4/c1-3-4-6-9-27(2)10-7-5-8-11-33(40)19-14-29-16-21-35(42)36(26-29)43-23-22-30-15-20-34(41)32(25-30)24-28-12-17-31(18-13-28)37(38)39/h8,11-13,15-18,20-21,25-27,37,41-42H,3-7,9-10,14,19,22-24,38-39H2,1-2H3/b11-8+/t27-/m0/s1. The summed E-state index contributed by atoms with van der Waals surface area (Å²) in [7, 11) is 0. The molecule has 0 aliphatic carbocycles. The quantitative estimate of drug-likeness (QED) is 0.0650. The van der Waals surface area contributed by atoms with Crippen LogP contribution in [-0.2, 0) is 24.1 Å². The topological polar surface area (TPSA) is 119 Å². The normalized spacial score (nSPS) is 12.2. The number of phenolic OH excluding ortho intramolecular Hbond substituents is 2. The fourth-order valence-corrected chi connectivity index (χ4v) is 5.16. The van der Waals surface area contributed by atoms with Gasteiger partial charge in [-0.25, -0.2) is 0 Å². The van der Waals surface area contributed by atoms with Gasteiger partial charge >= 0.3 is 0 Å². The van der Waals surface area contributed by atoms with E-state index in [1.165, 1.54) is 32.1 Å². The monoisotopic (exact) mass is 586 g/mol. The lowest BCUT2D eigenvalue weighted by molar-refractivity contribution is -0.114. The average Bonchev–Trinajstić information content (AvgIpc) is 2.99. The van der Waals surface area contributed by atoms with Crippen LogP contribution in [0.4, 0.5) is 0 Å². The summed E-state index contributed by atoms with van der Waals surface area (Å²) in [5.74, 6) is 1.60. The molecule has 0 aliphatic heterocycles. The number of carbonyl (C=O) groups is 1. The Bertz CT molecular complexity index is 1300. The molecular formula is C37H50N2O4. The van der Waals surface area contributed by atoms with Crippen LogP contribution in [0.2, 0.25) is 0 Å². The molecule has 1 atom stereocenters. The summed E-state index contributed by atoms with van der Waals surface area (Å²) >= 11 is 0. The molecule has 3 aromatic rings. The van der Waals surface area contributed by atoms with E-state index in [-0.39, 0.29) is 17.3 Å². The highest BCUT2D eigenvalue weighted by Gasteiger charge is 2.09. The van der Waals surface area contributed by atoms with Crippen molar-refractivity contribution in [2.45, 2.75) is 90.6 Å². The number of hydrogen-bond acceptors (Lipinski definition) is 6. The van der Waals surface area contributed by atoms with E-state index in [0.29, 0.717) is 38.0 Å². The fourth-order valence-electron chi connectivity index (χ4n) is 5.16. The minimum atomic E-state index is -0.510. The molecule has 3 rings (SSSR count). The Hall–Kier alpha value is -3.61. The van der Waals surface area contributed by atoms with Crippen molar-refractivity contribution >= 4 is 5.78 Å². The molecule has 0 radical (unpaired) electrons. The van der Waals surface area contributed by atoms with Gasteiger partial charge in [0.1, 0.15) is 5.75 Å². The number of phenols is 2. The van der Waals surface area contributed by atoms with Gasteiger partial charge in [0.25, 0.3) is 0 Å². The maximum atomic E-state index is 12.4. The molecule has 0 amide bonds. The van der Waals surface area contributed by atoms with E-state index in [0.717, 1.165) is 46.6 Å². The van der Waals surface area contributed by atoms with Crippen LogP contribution in [0.5, 0.6) is 17.2 Å². The number of nitrogens with two attached hydrogens (primary N) is 2. The van der Waals surface area contributed by atoms with E-state index < -0.39 is 6.17 Å². The number of ether oxygens (including phenoxy) is 1. The fraction of sp³-hybridized carbons (Fsp3) is 0.432. The molecule has 3 aromatic carbocycles. The van der Waals surface area contributed by atoms with Crippen LogP contribution < -0.4 is 16.2 Å². The summed E-state index contributed by atoms with van der Waals surface area (Å²) in [6.07, 6.45) is 13.9. The van der Waals surface area contributed by atoms with E-state index in [9.17, 15) is 15.0 Å². The highest BCUT2D eigenvalue weighted by Crippen LogP contribution is 2.28. The van der Waals surface area contributed by atoms with Crippen LogP contribution in [0.3, 0.4) is 0 Å². The number of rotatable bonds is 19. The molecule has 43 heavy (non-hydrogen) atoms. The molecule has 6 heteroatoms. The largest absolute Gasteiger partial charge is 0.508 e. The summed E-state index contributed by atoms with van der Waals surface area (Å²) in [5.41, 5.74) is 16.2. The van der Waals surface area contributed by atoms with Gasteiger partial charge < -0.3 is 26.4 Å². The molecule has 0 unspecified atom stereocenters. The highest BCUT2D eigenvalue weighted by atomic mass is 16.5. The zero-order valence-electron chi connectivity index (χ0n) is 25.9. The van der Waals surface area contributed by atoms with Gasteiger partial charge in [0.15, 0.2) is 17.3 Å². The van der Waals surface area contributed by atoms with Gasteiger partial charge in [0, 0.05) is 19.3 Å². The predicted octanol–water partition coefficient (Wildman–Crippen LogP) is 7.67. The summed E-state index contributed by atoms with van der Waals surface area (Å²) < 4.78 is 5.92. The zero-order valence-corrected chi connectivity index (χ0v) is 25.9. The van der Waals surface area contributed by atoms with Crippen molar-refractivity contribution in [3.05, 3.63) is 101 Å². The number of aryl methyl sites for hydroxylation is 1. The summed E-state index contributed by atoms with van der Waals surface area (Å²) in [6.45, 7) is 4.93. The van der Waals surface area contributed by atoms with Crippen molar-refractivity contribution in [2.75, 3.05) is 6.61 Å². The summed E-state index contributed by atoms with van der Waals surface area (Å²) in [5, 5.41) is 20.7. The molecule has 0 aromatic heterocycles. The van der Waals surface area contributed by atoms with E-state index in [2.05, 4.69) is 13.8 Å². The first-order valence-corrected chi connectivity index (χ1v) is 15.8. The van der Waals surface area contributed by atoms with Crippen molar-refractivity contribution in [2.24, 2.45) is 17.4 Å². The minimum absolute atomic E-state index is 0.0749. The van der Waals surface area contributed by atoms with E-state index in [1.54, 1.807) is 18.2 Å². The second-order valence-corrected chi connectivity index (χ2v) is 11.7. The van der Waals surface area contributed by atoms with E-state index >= 15 is 0 Å². The van der Waals surface area contributed by atoms with E-state index in [1.807, 2.05) is 54.6 Å². The van der Waals surface area contributed by atoms with Gasteiger partial charge in [-0.15, -0.1) is 0 Å². The lowest BCUT2D eigenvalue weighted by Crippen LogP contribution is -2.19. The number of hydrogen-bond donors (Lipinski definition) is 4. The predicted molar refractivity (Wildman–Crippen MR) is 175 cm³/mol. The number of benzene rings is 3. The number of unbranched alkanes of at least 4 members (excludes halogenated alkanes) is 3. The van der Waals surface area contributed by atoms with Gasteiger partial charge in [0.2, 0.25) is 0 Å². The Labute approximate surface area is 257 Å². The third kappa shape index (κ3) is 12.3. The van der Waals surface area contributed by atoms with Gasteiger partial charge in [-0.1, -0.05) is 94.5 Å². The van der Waals surface area contributed by atoms with Gasteiger partial charge in [0.05, 0.1) is 12.8 Å². The van der Waals surface area contributed by atoms with Crippen molar-refractivity contribution in [3.8, 4) is 17.2 Å². The third-order valence-corrected chi connectivity index (χ3v) is 7.91. The molecule has 0 fully saturated rings. The molecule has 0 saturated heterocycles. The molecule has 0 aliphatic rings. The van der Waals surface area contributed by atoms with Gasteiger partial charge in [-0.2, -0.15) is 0 Å². The van der Waals surface area contributed by atoms with Crippen LogP contribution in [-0.4, -0.2) is 22.6 Å². The Morgan fingerprint density at radius 1 is 0.860 bits per heavy atom. The van der Waals surface area contributed by atoms with Crippen LogP contribution in [0.15, 0.2) is 72.8 Å². The number of ketones is 1. The Balaban J connectivity index is 1.43.